The Morgan fingerprint density at radius 2 is 2.13 bits per heavy atom. The van der Waals surface area contributed by atoms with E-state index >= 15 is 0 Å². The minimum absolute atomic E-state index is 0.129. The van der Waals surface area contributed by atoms with E-state index in [1.54, 1.807) is 6.07 Å². The number of aromatic nitrogens is 2. The molecule has 4 nitrogen and oxygen atoms in total. The van der Waals surface area contributed by atoms with Gasteiger partial charge in [-0.2, -0.15) is 0 Å². The minimum Gasteiger partial charge on any atom is -0.504 e. The lowest BCUT2D eigenvalue weighted by molar-refractivity contribution is 0.407. The number of H-pyrrole nitrogens is 1. The van der Waals surface area contributed by atoms with Crippen LogP contribution in [0, 0.1) is 0 Å². The predicted octanol–water partition coefficient (Wildman–Crippen LogP) is 2.32. The van der Waals surface area contributed by atoms with E-state index in [1.165, 1.54) is 6.07 Å². The molecular weight excluding hydrogens is 192 g/mol. The summed E-state index contributed by atoms with van der Waals surface area (Å²) in [4.78, 5) is 7.36. The number of aryl methyl sites for hydroxylation is 1. The molecule has 0 amide bonds. The Kier molecular flexibility index (Phi) is 2.49. The number of aromatic amines is 1. The highest BCUT2D eigenvalue weighted by molar-refractivity contribution is 5.84. The van der Waals surface area contributed by atoms with E-state index in [-0.39, 0.29) is 11.5 Å². The van der Waals surface area contributed by atoms with E-state index in [1.807, 2.05) is 0 Å². The number of fused-ring (bicyclic) bond motifs is 1. The van der Waals surface area contributed by atoms with Gasteiger partial charge in [0.05, 0.1) is 5.52 Å². The summed E-state index contributed by atoms with van der Waals surface area (Å²) in [6.07, 6.45) is 3.03. The average Bonchev–Trinajstić information content (AvgIpc) is 2.64. The fourth-order valence-electron chi connectivity index (χ4n) is 1.56. The highest BCUT2D eigenvalue weighted by Crippen LogP contribution is 2.31. The molecule has 1 aromatic carbocycles. The summed E-state index contributed by atoms with van der Waals surface area (Å²) in [5, 5.41) is 18.9. The Labute approximate surface area is 87.6 Å². The second kappa shape index (κ2) is 3.81. The molecule has 2 aromatic rings. The van der Waals surface area contributed by atoms with Gasteiger partial charge in [0.25, 0.3) is 0 Å². The van der Waals surface area contributed by atoms with Crippen LogP contribution in [0.1, 0.15) is 25.6 Å². The number of rotatable bonds is 3. The molecule has 0 unspecified atom stereocenters. The molecule has 0 saturated carbocycles. The summed E-state index contributed by atoms with van der Waals surface area (Å²) in [5.74, 6) is 0.579. The number of phenols is 2. The first-order valence-corrected chi connectivity index (χ1v) is 5.12. The quantitative estimate of drug-likeness (QED) is 0.675. The number of nitrogens with one attached hydrogen (secondary N) is 1. The number of phenolic OH excluding ortho intramolecular Hbond substituents is 2. The van der Waals surface area contributed by atoms with Gasteiger partial charge in [0, 0.05) is 6.42 Å². The zero-order chi connectivity index (χ0) is 10.8. The van der Waals surface area contributed by atoms with Gasteiger partial charge in [-0.05, 0) is 18.6 Å². The first-order valence-electron chi connectivity index (χ1n) is 5.12. The van der Waals surface area contributed by atoms with E-state index in [4.69, 9.17) is 0 Å². The standard InChI is InChI=1S/C11H14N2O2/c1-2-3-4-9-12-7-5-6-8(14)11(15)10(7)13-9/h5-6,14-15H,2-4H2,1H3,(H,12,13). The molecule has 0 spiro atoms. The van der Waals surface area contributed by atoms with Crippen molar-refractivity contribution < 1.29 is 10.2 Å². The van der Waals surface area contributed by atoms with Crippen molar-refractivity contribution in [1.82, 2.24) is 9.97 Å². The SMILES string of the molecule is CCCCc1nc2c(O)c(O)ccc2[nH]1. The summed E-state index contributed by atoms with van der Waals surface area (Å²) >= 11 is 0. The number of hydrogen-bond acceptors (Lipinski definition) is 3. The van der Waals surface area contributed by atoms with Gasteiger partial charge in [0.15, 0.2) is 11.5 Å². The normalized spacial score (nSPS) is 11.0. The monoisotopic (exact) mass is 206 g/mol. The van der Waals surface area contributed by atoms with Gasteiger partial charge >= 0.3 is 0 Å². The van der Waals surface area contributed by atoms with Crippen molar-refractivity contribution in [2.45, 2.75) is 26.2 Å². The largest absolute Gasteiger partial charge is 0.504 e. The van der Waals surface area contributed by atoms with Gasteiger partial charge in [0.1, 0.15) is 11.3 Å². The van der Waals surface area contributed by atoms with E-state index in [0.29, 0.717) is 5.52 Å². The van der Waals surface area contributed by atoms with Crippen LogP contribution in [0.2, 0.25) is 0 Å². The molecule has 3 N–H and O–H groups in total. The molecule has 0 radical (unpaired) electrons. The molecule has 80 valence electrons. The highest BCUT2D eigenvalue weighted by Gasteiger charge is 2.09. The van der Waals surface area contributed by atoms with Gasteiger partial charge in [0.2, 0.25) is 0 Å². The van der Waals surface area contributed by atoms with E-state index in [0.717, 1.165) is 30.6 Å². The zero-order valence-corrected chi connectivity index (χ0v) is 8.62. The molecule has 0 bridgehead atoms. The van der Waals surface area contributed by atoms with Gasteiger partial charge in [-0.1, -0.05) is 13.3 Å². The van der Waals surface area contributed by atoms with Crippen LogP contribution in [-0.4, -0.2) is 20.2 Å². The second-order valence-electron chi connectivity index (χ2n) is 3.62. The lowest BCUT2D eigenvalue weighted by atomic mass is 10.2. The molecule has 0 fully saturated rings. The van der Waals surface area contributed by atoms with Crippen LogP contribution in [0.5, 0.6) is 11.5 Å². The van der Waals surface area contributed by atoms with Gasteiger partial charge in [-0.25, -0.2) is 4.98 Å². The molecule has 1 aromatic heterocycles. The van der Waals surface area contributed by atoms with Crippen LogP contribution < -0.4 is 0 Å². The Hall–Kier alpha value is -1.71. The Morgan fingerprint density at radius 3 is 2.87 bits per heavy atom. The fourth-order valence-corrected chi connectivity index (χ4v) is 1.56. The van der Waals surface area contributed by atoms with Crippen LogP contribution >= 0.6 is 0 Å². The van der Waals surface area contributed by atoms with Crippen LogP contribution in [0.15, 0.2) is 12.1 Å². The van der Waals surface area contributed by atoms with Crippen molar-refractivity contribution in [3.05, 3.63) is 18.0 Å². The third-order valence-electron chi connectivity index (χ3n) is 2.42. The molecule has 0 atom stereocenters. The summed E-state index contributed by atoms with van der Waals surface area (Å²) in [5.41, 5.74) is 1.21. The van der Waals surface area contributed by atoms with Gasteiger partial charge in [-0.15, -0.1) is 0 Å². The van der Waals surface area contributed by atoms with Crippen LogP contribution in [0.25, 0.3) is 11.0 Å². The van der Waals surface area contributed by atoms with E-state index in [2.05, 4.69) is 16.9 Å². The summed E-state index contributed by atoms with van der Waals surface area (Å²) in [7, 11) is 0. The van der Waals surface area contributed by atoms with Crippen molar-refractivity contribution in [2.75, 3.05) is 0 Å². The maximum atomic E-state index is 9.56. The van der Waals surface area contributed by atoms with Crippen LogP contribution in [0.3, 0.4) is 0 Å². The van der Waals surface area contributed by atoms with Crippen LogP contribution in [0.4, 0.5) is 0 Å². The molecular formula is C11H14N2O2. The predicted molar refractivity (Wildman–Crippen MR) is 58.0 cm³/mol. The number of aromatic hydroxyl groups is 2. The minimum atomic E-state index is -0.147. The average molecular weight is 206 g/mol. The lowest BCUT2D eigenvalue weighted by Crippen LogP contribution is -1.86. The zero-order valence-electron chi connectivity index (χ0n) is 8.62. The van der Waals surface area contributed by atoms with Crippen LogP contribution in [-0.2, 0) is 6.42 Å². The summed E-state index contributed by atoms with van der Waals surface area (Å²) in [6.45, 7) is 2.12. The Morgan fingerprint density at radius 1 is 1.33 bits per heavy atom. The fraction of sp³-hybridized carbons (Fsp3) is 0.364. The maximum absolute atomic E-state index is 9.56. The van der Waals surface area contributed by atoms with Crippen molar-refractivity contribution >= 4 is 11.0 Å². The molecule has 0 aliphatic carbocycles. The Balaban J connectivity index is 2.42. The van der Waals surface area contributed by atoms with Crippen molar-refractivity contribution in [2.24, 2.45) is 0 Å². The van der Waals surface area contributed by atoms with E-state index in [9.17, 15) is 10.2 Å². The lowest BCUT2D eigenvalue weighted by Gasteiger charge is -1.95. The summed E-state index contributed by atoms with van der Waals surface area (Å²) in [6, 6.07) is 3.17. The molecule has 1 heterocycles. The van der Waals surface area contributed by atoms with E-state index < -0.39 is 0 Å². The maximum Gasteiger partial charge on any atom is 0.185 e. The second-order valence-corrected chi connectivity index (χ2v) is 3.62. The third kappa shape index (κ3) is 1.75. The highest BCUT2D eigenvalue weighted by atomic mass is 16.3. The number of imidazole rings is 1. The number of hydrogen-bond donors (Lipinski definition) is 3. The van der Waals surface area contributed by atoms with Gasteiger partial charge < -0.3 is 15.2 Å². The van der Waals surface area contributed by atoms with Crippen molar-refractivity contribution in [1.29, 1.82) is 0 Å². The summed E-state index contributed by atoms with van der Waals surface area (Å²) < 4.78 is 0. The number of nitrogens with zero attached hydrogens (tertiary/aromatic N) is 1. The Bertz CT molecular complexity index is 477. The molecule has 0 saturated heterocycles. The topological polar surface area (TPSA) is 69.1 Å². The van der Waals surface area contributed by atoms with Crippen molar-refractivity contribution in [3.8, 4) is 11.5 Å². The molecule has 0 aliphatic heterocycles. The molecule has 15 heavy (non-hydrogen) atoms. The smallest absolute Gasteiger partial charge is 0.185 e. The number of benzene rings is 1. The number of unbranched alkanes of at least 4 members (excludes halogenated alkanes) is 1. The molecule has 4 heteroatoms. The molecule has 2 rings (SSSR count). The van der Waals surface area contributed by atoms with Crippen molar-refractivity contribution in [3.63, 3.8) is 0 Å². The first-order chi connectivity index (χ1) is 7.22. The third-order valence-corrected chi connectivity index (χ3v) is 2.42. The molecule has 0 aliphatic rings. The van der Waals surface area contributed by atoms with Gasteiger partial charge in [-0.3, -0.25) is 0 Å². The first kappa shape index (κ1) is 9.83.